The van der Waals surface area contributed by atoms with Gasteiger partial charge in [-0.05, 0) is 43.6 Å². The number of benzene rings is 1. The normalized spacial score (nSPS) is 21.9. The van der Waals surface area contributed by atoms with Crippen molar-refractivity contribution in [2.75, 3.05) is 46.4 Å². The van der Waals surface area contributed by atoms with Crippen LogP contribution in [0.15, 0.2) is 18.2 Å². The van der Waals surface area contributed by atoms with E-state index in [9.17, 15) is 13.9 Å². The minimum absolute atomic E-state index is 0.0831. The van der Waals surface area contributed by atoms with Gasteiger partial charge in [0.05, 0.1) is 7.11 Å². The molecule has 0 unspecified atom stereocenters. The van der Waals surface area contributed by atoms with Crippen LogP contribution in [-0.4, -0.2) is 73.4 Å². The zero-order valence-corrected chi connectivity index (χ0v) is 16.0. The van der Waals surface area contributed by atoms with Gasteiger partial charge < -0.3 is 19.5 Å². The maximum Gasteiger partial charge on any atom is 0.250 e. The van der Waals surface area contributed by atoms with Crippen molar-refractivity contribution in [2.45, 2.75) is 44.3 Å². The highest BCUT2D eigenvalue weighted by atomic mass is 19.3. The van der Waals surface area contributed by atoms with Crippen LogP contribution in [-0.2, 0) is 6.54 Å². The van der Waals surface area contributed by atoms with Gasteiger partial charge in [-0.15, -0.1) is 0 Å². The summed E-state index contributed by atoms with van der Waals surface area (Å²) >= 11 is 0. The first-order valence-corrected chi connectivity index (χ1v) is 9.75. The molecule has 1 aromatic carbocycles. The van der Waals surface area contributed by atoms with Crippen LogP contribution in [0, 0.1) is 0 Å². The Balaban J connectivity index is 1.51. The molecular weight excluding hydrogens is 354 g/mol. The number of ether oxygens (including phenoxy) is 2. The molecule has 7 heteroatoms. The Morgan fingerprint density at radius 3 is 2.44 bits per heavy atom. The van der Waals surface area contributed by atoms with Gasteiger partial charge in [0.1, 0.15) is 12.7 Å². The summed E-state index contributed by atoms with van der Waals surface area (Å²) in [5.74, 6) is -1.34. The van der Waals surface area contributed by atoms with Crippen LogP contribution >= 0.6 is 0 Å². The second kappa shape index (κ2) is 9.17. The lowest BCUT2D eigenvalue weighted by atomic mass is 10.1. The van der Waals surface area contributed by atoms with Crippen LogP contribution in [0.1, 0.15) is 31.2 Å². The van der Waals surface area contributed by atoms with Crippen LogP contribution in [0.25, 0.3) is 0 Å². The minimum Gasteiger partial charge on any atom is -0.493 e. The van der Waals surface area contributed by atoms with Crippen molar-refractivity contribution in [3.05, 3.63) is 23.8 Å². The van der Waals surface area contributed by atoms with Crippen LogP contribution in [0.2, 0.25) is 0 Å². The van der Waals surface area contributed by atoms with Crippen molar-refractivity contribution in [1.82, 2.24) is 9.80 Å². The topological polar surface area (TPSA) is 45.2 Å². The standard InChI is InChI=1S/C20H30F2N2O3/c1-26-19-12-16(13-24-10-6-20(21,22)7-11-24)4-5-18(19)27-15-17(25)14-23-8-2-3-9-23/h4-5,12,17,25H,2-3,6-11,13-15H2,1H3/t17-/m0/s1. The van der Waals surface area contributed by atoms with Crippen LogP contribution < -0.4 is 9.47 Å². The summed E-state index contributed by atoms with van der Waals surface area (Å²) in [4.78, 5) is 4.28. The van der Waals surface area contributed by atoms with E-state index in [1.54, 1.807) is 7.11 Å². The molecule has 27 heavy (non-hydrogen) atoms. The number of aliphatic hydroxyl groups is 1. The first-order chi connectivity index (χ1) is 12.9. The Morgan fingerprint density at radius 1 is 1.07 bits per heavy atom. The molecule has 1 aromatic rings. The van der Waals surface area contributed by atoms with Gasteiger partial charge in [-0.1, -0.05) is 6.07 Å². The first-order valence-electron chi connectivity index (χ1n) is 9.75. The molecule has 0 saturated carbocycles. The maximum atomic E-state index is 13.3. The van der Waals surface area contributed by atoms with Gasteiger partial charge in [0.15, 0.2) is 11.5 Å². The second-order valence-electron chi connectivity index (χ2n) is 7.59. The molecule has 0 spiro atoms. The van der Waals surface area contributed by atoms with E-state index in [0.29, 0.717) is 37.7 Å². The molecule has 1 atom stereocenters. The molecule has 0 bridgehead atoms. The van der Waals surface area contributed by atoms with Crippen molar-refractivity contribution in [3.8, 4) is 11.5 Å². The van der Waals surface area contributed by atoms with Crippen LogP contribution in [0.4, 0.5) is 8.78 Å². The molecule has 1 N–H and O–H groups in total. The largest absolute Gasteiger partial charge is 0.493 e. The number of methoxy groups -OCH3 is 1. The lowest BCUT2D eigenvalue weighted by Gasteiger charge is -2.31. The lowest BCUT2D eigenvalue weighted by Crippen LogP contribution is -2.38. The number of piperidine rings is 1. The Morgan fingerprint density at radius 2 is 1.78 bits per heavy atom. The number of rotatable bonds is 8. The predicted octanol–water partition coefficient (Wildman–Crippen LogP) is 2.76. The Labute approximate surface area is 159 Å². The molecule has 2 saturated heterocycles. The molecule has 2 heterocycles. The summed E-state index contributed by atoms with van der Waals surface area (Å²) < 4.78 is 37.7. The fraction of sp³-hybridized carbons (Fsp3) is 0.700. The molecular formula is C20H30F2N2O3. The fourth-order valence-electron chi connectivity index (χ4n) is 3.73. The average molecular weight is 384 g/mol. The molecule has 0 aliphatic carbocycles. The molecule has 3 rings (SSSR count). The molecule has 0 radical (unpaired) electrons. The summed E-state index contributed by atoms with van der Waals surface area (Å²) in [6.07, 6.45) is 1.68. The van der Waals surface area contributed by atoms with Crippen molar-refractivity contribution in [1.29, 1.82) is 0 Å². The van der Waals surface area contributed by atoms with Crippen molar-refractivity contribution in [3.63, 3.8) is 0 Å². The zero-order valence-electron chi connectivity index (χ0n) is 16.0. The van der Waals surface area contributed by atoms with Gasteiger partial charge in [-0.2, -0.15) is 0 Å². The van der Waals surface area contributed by atoms with E-state index in [-0.39, 0.29) is 19.4 Å². The summed E-state index contributed by atoms with van der Waals surface area (Å²) in [7, 11) is 1.58. The number of nitrogens with zero attached hydrogens (tertiary/aromatic N) is 2. The van der Waals surface area contributed by atoms with Gasteiger partial charge in [-0.3, -0.25) is 4.90 Å². The summed E-state index contributed by atoms with van der Waals surface area (Å²) in [5, 5.41) is 10.2. The molecule has 0 amide bonds. The molecule has 152 valence electrons. The zero-order chi connectivity index (χ0) is 19.3. The monoisotopic (exact) mass is 384 g/mol. The number of aliphatic hydroxyl groups excluding tert-OH is 1. The number of halogens is 2. The quantitative estimate of drug-likeness (QED) is 0.747. The number of hydrogen-bond acceptors (Lipinski definition) is 5. The summed E-state index contributed by atoms with van der Waals surface area (Å²) in [5.41, 5.74) is 1.00. The minimum atomic E-state index is -2.53. The third-order valence-electron chi connectivity index (χ3n) is 5.32. The second-order valence-corrected chi connectivity index (χ2v) is 7.59. The van der Waals surface area contributed by atoms with Gasteiger partial charge in [0, 0.05) is 39.0 Å². The number of hydrogen-bond donors (Lipinski definition) is 1. The summed E-state index contributed by atoms with van der Waals surface area (Å²) in [6.45, 7) is 4.33. The first kappa shape index (κ1) is 20.3. The highest BCUT2D eigenvalue weighted by Gasteiger charge is 2.33. The maximum absolute atomic E-state index is 13.3. The van der Waals surface area contributed by atoms with Crippen LogP contribution in [0.5, 0.6) is 11.5 Å². The van der Waals surface area contributed by atoms with Crippen LogP contribution in [0.3, 0.4) is 0 Å². The third kappa shape index (κ3) is 6.02. The Bertz CT molecular complexity index is 599. The van der Waals surface area contributed by atoms with E-state index in [1.807, 2.05) is 23.1 Å². The number of likely N-dealkylation sites (tertiary alicyclic amines) is 2. The van der Waals surface area contributed by atoms with E-state index in [2.05, 4.69) is 4.90 Å². The van der Waals surface area contributed by atoms with Gasteiger partial charge in [0.2, 0.25) is 0 Å². The average Bonchev–Trinajstić information content (AvgIpc) is 3.15. The molecule has 0 aromatic heterocycles. The van der Waals surface area contributed by atoms with Gasteiger partial charge in [0.25, 0.3) is 5.92 Å². The smallest absolute Gasteiger partial charge is 0.250 e. The van der Waals surface area contributed by atoms with Gasteiger partial charge in [-0.25, -0.2) is 8.78 Å². The van der Waals surface area contributed by atoms with Gasteiger partial charge >= 0.3 is 0 Å². The Kier molecular flexibility index (Phi) is 6.89. The van der Waals surface area contributed by atoms with E-state index < -0.39 is 12.0 Å². The van der Waals surface area contributed by atoms with E-state index in [4.69, 9.17) is 9.47 Å². The molecule has 2 aliphatic heterocycles. The van der Waals surface area contributed by atoms with E-state index in [1.165, 1.54) is 12.8 Å². The predicted molar refractivity (Wildman–Crippen MR) is 99.6 cm³/mol. The third-order valence-corrected chi connectivity index (χ3v) is 5.32. The molecule has 2 fully saturated rings. The van der Waals surface area contributed by atoms with E-state index >= 15 is 0 Å². The fourth-order valence-corrected chi connectivity index (χ4v) is 3.73. The number of alkyl halides is 2. The SMILES string of the molecule is COc1cc(CN2CCC(F)(F)CC2)ccc1OC[C@@H](O)CN1CCCC1. The number of β-amino-alcohol motifs (C(OH)–C–C–N with tert-alkyl or cyclic N) is 1. The highest BCUT2D eigenvalue weighted by molar-refractivity contribution is 5.43. The van der Waals surface area contributed by atoms with Crippen molar-refractivity contribution < 1.29 is 23.4 Å². The molecule has 2 aliphatic rings. The molecule has 5 nitrogen and oxygen atoms in total. The Hall–Kier alpha value is -1.44. The highest BCUT2D eigenvalue weighted by Crippen LogP contribution is 2.31. The van der Waals surface area contributed by atoms with Crippen molar-refractivity contribution in [2.24, 2.45) is 0 Å². The van der Waals surface area contributed by atoms with E-state index in [0.717, 1.165) is 18.7 Å². The van der Waals surface area contributed by atoms with Crippen molar-refractivity contribution >= 4 is 0 Å². The summed E-state index contributed by atoms with van der Waals surface area (Å²) in [6, 6.07) is 5.64. The lowest BCUT2D eigenvalue weighted by molar-refractivity contribution is -0.0566.